The van der Waals surface area contributed by atoms with E-state index in [0.717, 1.165) is 0 Å². The number of nitrogens with one attached hydrogen (secondary N) is 1. The fourth-order valence-corrected chi connectivity index (χ4v) is 3.21. The second-order valence-electron chi connectivity index (χ2n) is 6.09. The van der Waals surface area contributed by atoms with Crippen LogP contribution in [0.25, 0.3) is 22.4 Å². The van der Waals surface area contributed by atoms with Crippen LogP contribution >= 0.6 is 0 Å². The number of carbonyl (C=O) groups excluding carboxylic acids is 1. The van der Waals surface area contributed by atoms with Crippen LogP contribution in [0.5, 0.6) is 0 Å². The van der Waals surface area contributed by atoms with Crippen molar-refractivity contribution >= 4 is 22.9 Å². The first-order chi connectivity index (χ1) is 12.1. The standard InChI is InChI=1S/C17H17N5O3/c18-14(23)10-4-7-22(8-5-10)17-20-15-13(16(24)21-17)11(3-6-19-15)12-2-1-9-25-12/h1-3,6,9-10H,4-5,7-8H2,(H2,18,23)(H,19,20,21,24). The van der Waals surface area contributed by atoms with Crippen molar-refractivity contribution in [2.45, 2.75) is 12.8 Å². The zero-order valence-corrected chi connectivity index (χ0v) is 13.4. The molecule has 0 bridgehead atoms. The van der Waals surface area contributed by atoms with Crippen LogP contribution in [0.2, 0.25) is 0 Å². The number of anilines is 1. The van der Waals surface area contributed by atoms with Gasteiger partial charge in [0.2, 0.25) is 11.9 Å². The van der Waals surface area contributed by atoms with Crippen LogP contribution < -0.4 is 16.2 Å². The molecule has 1 aliphatic rings. The third-order valence-corrected chi connectivity index (χ3v) is 4.58. The van der Waals surface area contributed by atoms with Gasteiger partial charge in [-0.1, -0.05) is 0 Å². The van der Waals surface area contributed by atoms with Crippen LogP contribution in [0.3, 0.4) is 0 Å². The lowest BCUT2D eigenvalue weighted by Crippen LogP contribution is -2.40. The maximum atomic E-state index is 12.7. The summed E-state index contributed by atoms with van der Waals surface area (Å²) >= 11 is 0. The summed E-state index contributed by atoms with van der Waals surface area (Å²) in [6, 6.07) is 5.29. The Bertz CT molecular complexity index is 972. The quantitative estimate of drug-likeness (QED) is 0.742. The van der Waals surface area contributed by atoms with Crippen molar-refractivity contribution < 1.29 is 9.21 Å². The van der Waals surface area contributed by atoms with Crippen LogP contribution in [0, 0.1) is 5.92 Å². The van der Waals surface area contributed by atoms with Gasteiger partial charge >= 0.3 is 0 Å². The molecule has 0 radical (unpaired) electrons. The van der Waals surface area contributed by atoms with Gasteiger partial charge in [0.05, 0.1) is 11.6 Å². The highest BCUT2D eigenvalue weighted by atomic mass is 16.3. The number of fused-ring (bicyclic) bond motifs is 1. The molecule has 1 amide bonds. The van der Waals surface area contributed by atoms with Crippen LogP contribution in [0.15, 0.2) is 39.9 Å². The number of rotatable bonds is 3. The molecule has 0 saturated carbocycles. The second-order valence-corrected chi connectivity index (χ2v) is 6.09. The molecule has 8 heteroatoms. The number of hydrogen-bond acceptors (Lipinski definition) is 6. The van der Waals surface area contributed by atoms with Gasteiger partial charge in [0.25, 0.3) is 5.56 Å². The van der Waals surface area contributed by atoms with E-state index in [0.29, 0.717) is 54.2 Å². The van der Waals surface area contributed by atoms with E-state index in [9.17, 15) is 9.59 Å². The lowest BCUT2D eigenvalue weighted by Gasteiger charge is -2.30. The second kappa shape index (κ2) is 6.04. The molecular weight excluding hydrogens is 322 g/mol. The Labute approximate surface area is 142 Å². The summed E-state index contributed by atoms with van der Waals surface area (Å²) in [5.74, 6) is 0.663. The van der Waals surface area contributed by atoms with Crippen molar-refractivity contribution in [2.24, 2.45) is 11.7 Å². The molecule has 1 saturated heterocycles. The first-order valence-electron chi connectivity index (χ1n) is 8.10. The van der Waals surface area contributed by atoms with Gasteiger partial charge in [-0.3, -0.25) is 14.6 Å². The first kappa shape index (κ1) is 15.4. The number of furan rings is 1. The van der Waals surface area contributed by atoms with Crippen LogP contribution in [-0.4, -0.2) is 33.9 Å². The highest BCUT2D eigenvalue weighted by molar-refractivity contribution is 5.90. The number of H-pyrrole nitrogens is 1. The minimum atomic E-state index is -0.274. The number of hydrogen-bond donors (Lipinski definition) is 2. The van der Waals surface area contributed by atoms with Crippen LogP contribution in [-0.2, 0) is 4.79 Å². The minimum Gasteiger partial charge on any atom is -0.464 e. The molecular formula is C17H17N5O3. The summed E-state index contributed by atoms with van der Waals surface area (Å²) in [6.07, 6.45) is 4.46. The molecule has 0 aromatic carbocycles. The van der Waals surface area contributed by atoms with Gasteiger partial charge in [-0.05, 0) is 31.0 Å². The maximum absolute atomic E-state index is 12.7. The Kier molecular flexibility index (Phi) is 3.72. The highest BCUT2D eigenvalue weighted by Gasteiger charge is 2.25. The molecule has 25 heavy (non-hydrogen) atoms. The van der Waals surface area contributed by atoms with Gasteiger partial charge < -0.3 is 15.1 Å². The van der Waals surface area contributed by atoms with E-state index in [-0.39, 0.29) is 17.4 Å². The first-order valence-corrected chi connectivity index (χ1v) is 8.10. The number of amides is 1. The third-order valence-electron chi connectivity index (χ3n) is 4.58. The molecule has 3 N–H and O–H groups in total. The van der Waals surface area contributed by atoms with E-state index in [1.165, 1.54) is 0 Å². The number of nitrogens with two attached hydrogens (primary N) is 1. The van der Waals surface area contributed by atoms with E-state index in [1.54, 1.807) is 30.7 Å². The van der Waals surface area contributed by atoms with Gasteiger partial charge in [0.15, 0.2) is 5.65 Å². The predicted octanol–water partition coefficient (Wildman–Crippen LogP) is 1.28. The van der Waals surface area contributed by atoms with Crippen molar-refractivity contribution in [2.75, 3.05) is 18.0 Å². The molecule has 0 unspecified atom stereocenters. The van der Waals surface area contributed by atoms with Crippen LogP contribution in [0.1, 0.15) is 12.8 Å². The lowest BCUT2D eigenvalue weighted by atomic mass is 9.96. The normalized spacial score (nSPS) is 15.6. The predicted molar refractivity (Wildman–Crippen MR) is 92.0 cm³/mol. The molecule has 1 aliphatic heterocycles. The zero-order valence-electron chi connectivity index (χ0n) is 13.4. The molecule has 3 aromatic rings. The van der Waals surface area contributed by atoms with E-state index >= 15 is 0 Å². The van der Waals surface area contributed by atoms with Gasteiger partial charge in [-0.25, -0.2) is 4.98 Å². The third kappa shape index (κ3) is 2.75. The van der Waals surface area contributed by atoms with Gasteiger partial charge in [-0.15, -0.1) is 0 Å². The van der Waals surface area contributed by atoms with E-state index in [1.807, 2.05) is 4.90 Å². The Morgan fingerprint density at radius 3 is 2.80 bits per heavy atom. The van der Waals surface area contributed by atoms with E-state index in [4.69, 9.17) is 10.2 Å². The lowest BCUT2D eigenvalue weighted by molar-refractivity contribution is -0.122. The summed E-state index contributed by atoms with van der Waals surface area (Å²) in [5.41, 5.74) is 6.12. The Hall–Kier alpha value is -3.16. The molecule has 128 valence electrons. The molecule has 8 nitrogen and oxygen atoms in total. The number of nitrogens with zero attached hydrogens (tertiary/aromatic N) is 3. The average Bonchev–Trinajstić information content (AvgIpc) is 3.15. The van der Waals surface area contributed by atoms with Crippen molar-refractivity contribution in [1.82, 2.24) is 15.0 Å². The monoisotopic (exact) mass is 339 g/mol. The van der Waals surface area contributed by atoms with E-state index in [2.05, 4.69) is 15.0 Å². The number of piperidine rings is 1. The summed E-state index contributed by atoms with van der Waals surface area (Å²) in [6.45, 7) is 1.22. The summed E-state index contributed by atoms with van der Waals surface area (Å²) in [5, 5.41) is 0.397. The maximum Gasteiger partial charge on any atom is 0.262 e. The SMILES string of the molecule is NC(=O)C1CCN(c2nc3nccc(-c4ccco4)c3c(=O)[nH]2)CC1. The van der Waals surface area contributed by atoms with Gasteiger partial charge in [0, 0.05) is 30.8 Å². The summed E-state index contributed by atoms with van der Waals surface area (Å²) in [7, 11) is 0. The van der Waals surface area contributed by atoms with Crippen molar-refractivity contribution in [1.29, 1.82) is 0 Å². The largest absolute Gasteiger partial charge is 0.464 e. The molecule has 0 aliphatic carbocycles. The van der Waals surface area contributed by atoms with Crippen molar-refractivity contribution in [3.8, 4) is 11.3 Å². The Morgan fingerprint density at radius 1 is 1.32 bits per heavy atom. The molecule has 0 atom stereocenters. The van der Waals surface area contributed by atoms with Gasteiger partial charge in [-0.2, -0.15) is 4.98 Å². The van der Waals surface area contributed by atoms with Crippen molar-refractivity contribution in [3.05, 3.63) is 41.0 Å². The number of aromatic nitrogens is 3. The van der Waals surface area contributed by atoms with E-state index < -0.39 is 0 Å². The average molecular weight is 339 g/mol. The topological polar surface area (TPSA) is 118 Å². The Balaban J connectivity index is 1.72. The fraction of sp³-hybridized carbons (Fsp3) is 0.294. The number of pyridine rings is 1. The molecule has 1 fully saturated rings. The molecule has 0 spiro atoms. The van der Waals surface area contributed by atoms with Gasteiger partial charge in [0.1, 0.15) is 5.76 Å². The number of aromatic amines is 1. The van der Waals surface area contributed by atoms with Crippen molar-refractivity contribution in [3.63, 3.8) is 0 Å². The summed E-state index contributed by atoms with van der Waals surface area (Å²) in [4.78, 5) is 37.5. The minimum absolute atomic E-state index is 0.118. The zero-order chi connectivity index (χ0) is 17.4. The number of carbonyl (C=O) groups is 1. The fourth-order valence-electron chi connectivity index (χ4n) is 3.21. The molecule has 4 rings (SSSR count). The summed E-state index contributed by atoms with van der Waals surface area (Å²) < 4.78 is 5.40. The highest BCUT2D eigenvalue weighted by Crippen LogP contribution is 2.26. The molecule has 3 aromatic heterocycles. The smallest absolute Gasteiger partial charge is 0.262 e. The Morgan fingerprint density at radius 2 is 2.12 bits per heavy atom. The van der Waals surface area contributed by atoms with Crippen LogP contribution in [0.4, 0.5) is 5.95 Å². The number of primary amides is 1. The molecule has 4 heterocycles.